The molecule has 0 fully saturated rings. The third kappa shape index (κ3) is 2.19. The Labute approximate surface area is 127 Å². The van der Waals surface area contributed by atoms with Gasteiger partial charge in [0.05, 0.1) is 17.3 Å². The van der Waals surface area contributed by atoms with Gasteiger partial charge in [0.2, 0.25) is 0 Å². The van der Waals surface area contributed by atoms with Crippen molar-refractivity contribution in [2.75, 3.05) is 0 Å². The van der Waals surface area contributed by atoms with Gasteiger partial charge in [-0.2, -0.15) is 0 Å². The third-order valence-corrected chi connectivity index (χ3v) is 4.10. The summed E-state index contributed by atoms with van der Waals surface area (Å²) in [4.78, 5) is 0. The largest absolute Gasteiger partial charge is 0.481 e. The minimum absolute atomic E-state index is 0.465. The summed E-state index contributed by atoms with van der Waals surface area (Å²) < 4.78 is 9.65. The second kappa shape index (κ2) is 5.02. The van der Waals surface area contributed by atoms with E-state index in [1.807, 2.05) is 12.1 Å². The van der Waals surface area contributed by atoms with E-state index in [4.69, 9.17) is 4.74 Å². The van der Waals surface area contributed by atoms with Crippen molar-refractivity contribution >= 4 is 53.7 Å². The maximum Gasteiger partial charge on any atom is 0.164 e. The van der Waals surface area contributed by atoms with E-state index in [1.165, 1.54) is 17.0 Å². The predicted octanol–water partition coefficient (Wildman–Crippen LogP) is 5.44. The average molecular weight is 381 g/mol. The molecule has 0 aliphatic carbocycles. The summed E-state index contributed by atoms with van der Waals surface area (Å²) in [5, 5.41) is 2.41. The van der Waals surface area contributed by atoms with Crippen molar-refractivity contribution in [1.82, 2.24) is 4.57 Å². The summed E-state index contributed by atoms with van der Waals surface area (Å²) in [5.74, 6) is 0. The van der Waals surface area contributed by atoms with Crippen LogP contribution in [0.1, 0.15) is 0 Å². The van der Waals surface area contributed by atoms with Gasteiger partial charge < -0.3 is 9.30 Å². The molecule has 0 atom stereocenters. The first-order chi connectivity index (χ1) is 9.20. The number of rotatable bonds is 3. The van der Waals surface area contributed by atoms with E-state index in [9.17, 15) is 0 Å². The second-order valence-electron chi connectivity index (χ2n) is 4.21. The highest BCUT2D eigenvalue weighted by Crippen LogP contribution is 2.32. The van der Waals surface area contributed by atoms with Gasteiger partial charge >= 0.3 is 0 Å². The molecule has 0 unspecified atom stereocenters. The number of aromatic nitrogens is 1. The second-order valence-corrected chi connectivity index (χ2v) is 6.04. The molecule has 0 radical (unpaired) electrons. The van der Waals surface area contributed by atoms with Crippen molar-refractivity contribution in [2.24, 2.45) is 0 Å². The van der Waals surface area contributed by atoms with Gasteiger partial charge in [-0.05, 0) is 36.4 Å². The SMILES string of the molecule is C=COCn1c2ccc(Br)cc2c2cc(Br)ccc21. The lowest BCUT2D eigenvalue weighted by molar-refractivity contribution is 0.184. The van der Waals surface area contributed by atoms with Crippen LogP contribution in [0.25, 0.3) is 21.8 Å². The molecule has 2 nitrogen and oxygen atoms in total. The Morgan fingerprint density at radius 3 is 2.00 bits per heavy atom. The number of benzene rings is 2. The Balaban J connectivity index is 2.39. The van der Waals surface area contributed by atoms with Crippen molar-refractivity contribution < 1.29 is 4.74 Å². The van der Waals surface area contributed by atoms with Crippen molar-refractivity contribution in [3.63, 3.8) is 0 Å². The van der Waals surface area contributed by atoms with Crippen LogP contribution in [-0.4, -0.2) is 4.57 Å². The van der Waals surface area contributed by atoms with Crippen LogP contribution in [0, 0.1) is 0 Å². The zero-order valence-electron chi connectivity index (χ0n) is 10.1. The molecule has 1 aromatic heterocycles. The minimum atomic E-state index is 0.465. The summed E-state index contributed by atoms with van der Waals surface area (Å²) >= 11 is 7.06. The number of fused-ring (bicyclic) bond motifs is 3. The lowest BCUT2D eigenvalue weighted by Gasteiger charge is -2.06. The highest BCUT2D eigenvalue weighted by atomic mass is 79.9. The highest BCUT2D eigenvalue weighted by Gasteiger charge is 2.11. The van der Waals surface area contributed by atoms with Crippen LogP contribution in [0.15, 0.2) is 58.2 Å². The lowest BCUT2D eigenvalue weighted by atomic mass is 10.2. The van der Waals surface area contributed by atoms with Crippen molar-refractivity contribution in [1.29, 1.82) is 0 Å². The van der Waals surface area contributed by atoms with Gasteiger partial charge in [0, 0.05) is 19.7 Å². The van der Waals surface area contributed by atoms with Crippen LogP contribution < -0.4 is 0 Å². The smallest absolute Gasteiger partial charge is 0.164 e. The summed E-state index contributed by atoms with van der Waals surface area (Å²) in [6.45, 7) is 4.06. The third-order valence-electron chi connectivity index (χ3n) is 3.11. The zero-order valence-corrected chi connectivity index (χ0v) is 13.2. The first-order valence-electron chi connectivity index (χ1n) is 5.80. The number of nitrogens with zero attached hydrogens (tertiary/aromatic N) is 1. The standard InChI is InChI=1S/C15H11Br2NO/c1-2-19-9-18-14-5-3-10(16)7-12(14)13-8-11(17)4-6-15(13)18/h2-8H,1,9H2. The molecule has 0 aliphatic heterocycles. The van der Waals surface area contributed by atoms with Crippen LogP contribution in [-0.2, 0) is 11.5 Å². The number of halogens is 2. The summed E-state index contributed by atoms with van der Waals surface area (Å²) in [7, 11) is 0. The van der Waals surface area contributed by atoms with Crippen molar-refractivity contribution in [3.8, 4) is 0 Å². The van der Waals surface area contributed by atoms with Crippen LogP contribution >= 0.6 is 31.9 Å². The first kappa shape index (κ1) is 12.8. The topological polar surface area (TPSA) is 14.2 Å². The Morgan fingerprint density at radius 2 is 1.53 bits per heavy atom. The maximum atomic E-state index is 5.36. The Morgan fingerprint density at radius 1 is 1.00 bits per heavy atom. The lowest BCUT2D eigenvalue weighted by Crippen LogP contribution is -1.98. The summed E-state index contributed by atoms with van der Waals surface area (Å²) in [6.07, 6.45) is 1.47. The predicted molar refractivity (Wildman–Crippen MR) is 86.1 cm³/mol. The first-order valence-corrected chi connectivity index (χ1v) is 7.39. The highest BCUT2D eigenvalue weighted by molar-refractivity contribution is 9.10. The molecule has 0 saturated heterocycles. The normalized spacial score (nSPS) is 11.1. The molecule has 4 heteroatoms. The van der Waals surface area contributed by atoms with Crippen LogP contribution in [0.4, 0.5) is 0 Å². The fraction of sp³-hybridized carbons (Fsp3) is 0.0667. The molecule has 19 heavy (non-hydrogen) atoms. The Bertz CT molecular complexity index is 717. The molecule has 96 valence electrons. The Hall–Kier alpha value is -1.26. The van der Waals surface area contributed by atoms with E-state index >= 15 is 0 Å². The van der Waals surface area contributed by atoms with Crippen molar-refractivity contribution in [2.45, 2.75) is 6.73 Å². The molecule has 0 aliphatic rings. The zero-order chi connectivity index (χ0) is 13.4. The molecule has 0 bridgehead atoms. The van der Waals surface area contributed by atoms with Gasteiger partial charge in [0.1, 0.15) is 0 Å². The van der Waals surface area contributed by atoms with E-state index in [1.54, 1.807) is 0 Å². The minimum Gasteiger partial charge on any atom is -0.481 e. The van der Waals surface area contributed by atoms with Crippen LogP contribution in [0.2, 0.25) is 0 Å². The fourth-order valence-electron chi connectivity index (χ4n) is 2.31. The molecular weight excluding hydrogens is 370 g/mol. The molecule has 0 N–H and O–H groups in total. The summed E-state index contributed by atoms with van der Waals surface area (Å²) in [6, 6.07) is 12.5. The number of hydrogen-bond donors (Lipinski definition) is 0. The van der Waals surface area contributed by atoms with E-state index in [-0.39, 0.29) is 0 Å². The number of hydrogen-bond acceptors (Lipinski definition) is 1. The average Bonchev–Trinajstić information content (AvgIpc) is 2.69. The van der Waals surface area contributed by atoms with Crippen LogP contribution in [0.3, 0.4) is 0 Å². The fourth-order valence-corrected chi connectivity index (χ4v) is 3.04. The molecule has 0 amide bonds. The van der Waals surface area contributed by atoms with Gasteiger partial charge in [0.15, 0.2) is 6.73 Å². The molecule has 0 spiro atoms. The van der Waals surface area contributed by atoms with Gasteiger partial charge in [-0.1, -0.05) is 38.4 Å². The van der Waals surface area contributed by atoms with Gasteiger partial charge in [-0.3, -0.25) is 0 Å². The molecule has 0 saturated carbocycles. The number of ether oxygens (including phenoxy) is 1. The summed E-state index contributed by atoms with van der Waals surface area (Å²) in [5.41, 5.74) is 2.30. The molecule has 1 heterocycles. The van der Waals surface area contributed by atoms with Crippen LogP contribution in [0.5, 0.6) is 0 Å². The van der Waals surface area contributed by atoms with E-state index in [0.717, 1.165) is 20.0 Å². The van der Waals surface area contributed by atoms with E-state index in [2.05, 4.69) is 67.3 Å². The van der Waals surface area contributed by atoms with E-state index in [0.29, 0.717) is 6.73 Å². The van der Waals surface area contributed by atoms with Gasteiger partial charge in [-0.25, -0.2) is 0 Å². The molecule has 2 aromatic carbocycles. The van der Waals surface area contributed by atoms with E-state index < -0.39 is 0 Å². The molecule has 3 rings (SSSR count). The maximum absolute atomic E-state index is 5.36. The molecule has 3 aromatic rings. The van der Waals surface area contributed by atoms with Gasteiger partial charge in [-0.15, -0.1) is 0 Å². The van der Waals surface area contributed by atoms with Gasteiger partial charge in [0.25, 0.3) is 0 Å². The Kier molecular flexibility index (Phi) is 3.37. The monoisotopic (exact) mass is 379 g/mol. The quantitative estimate of drug-likeness (QED) is 0.552. The molecular formula is C15H11Br2NO. The van der Waals surface area contributed by atoms with Crippen molar-refractivity contribution in [3.05, 3.63) is 58.2 Å².